The summed E-state index contributed by atoms with van der Waals surface area (Å²) in [4.78, 5) is 0. The molecule has 1 aromatic carbocycles. The van der Waals surface area contributed by atoms with Crippen LogP contribution in [0, 0.1) is 0 Å². The second-order valence-corrected chi connectivity index (χ2v) is 3.26. The van der Waals surface area contributed by atoms with E-state index in [4.69, 9.17) is 10.2 Å². The van der Waals surface area contributed by atoms with Crippen LogP contribution in [-0.4, -0.2) is 16.8 Å². The van der Waals surface area contributed by atoms with Crippen molar-refractivity contribution in [2.24, 2.45) is 0 Å². The van der Waals surface area contributed by atoms with E-state index in [-0.39, 0.29) is 19.3 Å². The maximum Gasteiger partial charge on any atom is 0.0685 e. The van der Waals surface area contributed by atoms with E-state index in [0.29, 0.717) is 0 Å². The van der Waals surface area contributed by atoms with Gasteiger partial charge in [0.1, 0.15) is 0 Å². The number of hydrogen-bond donors (Lipinski definition) is 3. The summed E-state index contributed by atoms with van der Waals surface area (Å²) < 4.78 is 0. The third kappa shape index (κ3) is 1.35. The van der Waals surface area contributed by atoms with Gasteiger partial charge in [-0.2, -0.15) is 0 Å². The summed E-state index contributed by atoms with van der Waals surface area (Å²) >= 11 is 0. The molecule has 0 fully saturated rings. The maximum atomic E-state index is 9.11. The van der Waals surface area contributed by atoms with Gasteiger partial charge in [-0.3, -0.25) is 0 Å². The molecule has 0 unspecified atom stereocenters. The molecule has 1 heterocycles. The molecule has 1 aliphatic rings. The Hall–Kier alpha value is -0.900. The van der Waals surface area contributed by atoms with Crippen LogP contribution >= 0.6 is 0 Å². The highest BCUT2D eigenvalue weighted by Gasteiger charge is 2.23. The minimum absolute atomic E-state index is 0.00153. The van der Waals surface area contributed by atoms with Gasteiger partial charge in [0, 0.05) is 6.54 Å². The fraction of sp³-hybridized carbons (Fsp3) is 0.400. The van der Waals surface area contributed by atoms with Crippen molar-refractivity contribution >= 4 is 0 Å². The second kappa shape index (κ2) is 3.46. The van der Waals surface area contributed by atoms with Crippen molar-refractivity contribution in [1.82, 2.24) is 5.32 Å². The summed E-state index contributed by atoms with van der Waals surface area (Å²) in [6.45, 7) is 0.916. The summed E-state index contributed by atoms with van der Waals surface area (Å²) in [5.74, 6) is 0. The lowest BCUT2D eigenvalue weighted by Gasteiger charge is -2.11. The van der Waals surface area contributed by atoms with Crippen LogP contribution in [0.3, 0.4) is 0 Å². The zero-order valence-corrected chi connectivity index (χ0v) is 7.33. The van der Waals surface area contributed by atoms with Crippen LogP contribution in [0.1, 0.15) is 22.7 Å². The molecule has 0 amide bonds. The number of aliphatic hydroxyl groups is 2. The molecule has 0 aliphatic carbocycles. The van der Waals surface area contributed by atoms with Crippen LogP contribution in [0.5, 0.6) is 0 Å². The predicted molar refractivity (Wildman–Crippen MR) is 49.0 cm³/mol. The predicted octanol–water partition coefficient (Wildman–Crippen LogP) is 0.316. The quantitative estimate of drug-likeness (QED) is 0.612. The Morgan fingerprint density at radius 1 is 1.38 bits per heavy atom. The molecule has 0 saturated heterocycles. The minimum atomic E-state index is -0.00153. The maximum absolute atomic E-state index is 9.11. The number of rotatable bonds is 2. The first-order valence-electron chi connectivity index (χ1n) is 4.42. The van der Waals surface area contributed by atoms with Gasteiger partial charge >= 0.3 is 0 Å². The van der Waals surface area contributed by atoms with Gasteiger partial charge in [-0.25, -0.2) is 0 Å². The van der Waals surface area contributed by atoms with Gasteiger partial charge in [-0.15, -0.1) is 0 Å². The van der Waals surface area contributed by atoms with E-state index in [1.165, 1.54) is 5.56 Å². The summed E-state index contributed by atoms with van der Waals surface area (Å²) in [7, 11) is 0. The van der Waals surface area contributed by atoms with Crippen molar-refractivity contribution in [3.05, 3.63) is 34.9 Å². The van der Waals surface area contributed by atoms with Gasteiger partial charge in [0.05, 0.1) is 19.3 Å². The Morgan fingerprint density at radius 2 is 2.23 bits per heavy atom. The number of aliphatic hydroxyl groups excluding tert-OH is 2. The van der Waals surface area contributed by atoms with E-state index < -0.39 is 0 Å². The summed E-state index contributed by atoms with van der Waals surface area (Å²) in [5.41, 5.74) is 3.18. The van der Waals surface area contributed by atoms with E-state index in [1.807, 2.05) is 18.2 Å². The Kier molecular flexibility index (Phi) is 2.31. The molecule has 3 nitrogen and oxygen atoms in total. The number of nitrogens with one attached hydrogen (secondary N) is 1. The molecule has 70 valence electrons. The molecule has 0 bridgehead atoms. The molecule has 1 aromatic rings. The van der Waals surface area contributed by atoms with E-state index >= 15 is 0 Å². The largest absolute Gasteiger partial charge is 0.394 e. The van der Waals surface area contributed by atoms with Crippen LogP contribution in [-0.2, 0) is 13.2 Å². The molecule has 3 N–H and O–H groups in total. The topological polar surface area (TPSA) is 52.5 Å². The van der Waals surface area contributed by atoms with Gasteiger partial charge < -0.3 is 15.5 Å². The average molecular weight is 179 g/mol. The van der Waals surface area contributed by atoms with Crippen LogP contribution in [0.25, 0.3) is 0 Å². The molecule has 0 radical (unpaired) electrons. The first-order chi connectivity index (χ1) is 6.36. The number of hydrogen-bond acceptors (Lipinski definition) is 3. The third-order valence-corrected chi connectivity index (χ3v) is 2.53. The van der Waals surface area contributed by atoms with Crippen molar-refractivity contribution in [1.29, 1.82) is 0 Å². The number of fused-ring (bicyclic) bond motifs is 1. The van der Waals surface area contributed by atoms with Gasteiger partial charge in [-0.05, 0) is 16.7 Å². The van der Waals surface area contributed by atoms with E-state index in [9.17, 15) is 0 Å². The van der Waals surface area contributed by atoms with E-state index in [2.05, 4.69) is 5.32 Å². The fourth-order valence-electron chi connectivity index (χ4n) is 1.90. The molecule has 1 atom stereocenters. The van der Waals surface area contributed by atoms with Gasteiger partial charge in [-0.1, -0.05) is 18.2 Å². The molecule has 1 aliphatic heterocycles. The third-order valence-electron chi connectivity index (χ3n) is 2.53. The lowest BCUT2D eigenvalue weighted by atomic mass is 9.99. The Morgan fingerprint density at radius 3 is 2.92 bits per heavy atom. The summed E-state index contributed by atoms with van der Waals surface area (Å²) in [5, 5.41) is 21.4. The van der Waals surface area contributed by atoms with Crippen LogP contribution in [0.2, 0.25) is 0 Å². The van der Waals surface area contributed by atoms with Crippen molar-refractivity contribution in [2.75, 3.05) is 6.61 Å². The van der Waals surface area contributed by atoms with Crippen molar-refractivity contribution in [2.45, 2.75) is 19.2 Å². The van der Waals surface area contributed by atoms with Gasteiger partial charge in [0.15, 0.2) is 0 Å². The molecule has 0 saturated carbocycles. The van der Waals surface area contributed by atoms with E-state index in [1.54, 1.807) is 0 Å². The first kappa shape index (κ1) is 8.69. The highest BCUT2D eigenvalue weighted by molar-refractivity contribution is 5.40. The average Bonchev–Trinajstić information content (AvgIpc) is 2.60. The standard InChI is InChI=1S/C10H13NO2/c12-5-8-3-1-2-7-4-11-9(6-13)10(7)8/h1-3,9,11-13H,4-6H2/t9-/m0/s1. The van der Waals surface area contributed by atoms with Gasteiger partial charge in [0.25, 0.3) is 0 Å². The second-order valence-electron chi connectivity index (χ2n) is 3.26. The minimum Gasteiger partial charge on any atom is -0.394 e. The summed E-state index contributed by atoms with van der Waals surface area (Å²) in [6, 6.07) is 5.86. The smallest absolute Gasteiger partial charge is 0.0685 e. The van der Waals surface area contributed by atoms with Crippen LogP contribution in [0.4, 0.5) is 0 Å². The van der Waals surface area contributed by atoms with Crippen molar-refractivity contribution in [3.8, 4) is 0 Å². The lowest BCUT2D eigenvalue weighted by molar-refractivity contribution is 0.246. The molecule has 2 rings (SSSR count). The summed E-state index contributed by atoms with van der Waals surface area (Å²) in [6.07, 6.45) is 0. The highest BCUT2D eigenvalue weighted by Crippen LogP contribution is 2.28. The first-order valence-corrected chi connectivity index (χ1v) is 4.42. The normalized spacial score (nSPS) is 20.3. The Bertz CT molecular complexity index is 312. The Balaban J connectivity index is 2.46. The zero-order chi connectivity index (χ0) is 9.26. The van der Waals surface area contributed by atoms with Gasteiger partial charge in [0.2, 0.25) is 0 Å². The van der Waals surface area contributed by atoms with Crippen molar-refractivity contribution < 1.29 is 10.2 Å². The molecule has 0 aromatic heterocycles. The molecular formula is C10H13NO2. The lowest BCUT2D eigenvalue weighted by Crippen LogP contribution is -2.16. The van der Waals surface area contributed by atoms with E-state index in [0.717, 1.165) is 17.7 Å². The monoisotopic (exact) mass is 179 g/mol. The number of benzene rings is 1. The Labute approximate surface area is 77.0 Å². The molecular weight excluding hydrogens is 166 g/mol. The zero-order valence-electron chi connectivity index (χ0n) is 7.33. The molecule has 3 heteroatoms. The fourth-order valence-corrected chi connectivity index (χ4v) is 1.90. The molecule has 0 spiro atoms. The SMILES string of the molecule is OCc1cccc2c1[C@H](CO)NC2. The van der Waals surface area contributed by atoms with Crippen LogP contribution < -0.4 is 5.32 Å². The van der Waals surface area contributed by atoms with Crippen molar-refractivity contribution in [3.63, 3.8) is 0 Å². The molecule has 13 heavy (non-hydrogen) atoms. The highest BCUT2D eigenvalue weighted by atomic mass is 16.3. The van der Waals surface area contributed by atoms with Crippen LogP contribution in [0.15, 0.2) is 18.2 Å².